The van der Waals surface area contributed by atoms with E-state index in [4.69, 9.17) is 5.73 Å². The number of rotatable bonds is 6. The van der Waals surface area contributed by atoms with Gasteiger partial charge in [-0.25, -0.2) is 14.8 Å². The maximum absolute atomic E-state index is 11.5. The van der Waals surface area contributed by atoms with Crippen LogP contribution in [0.1, 0.15) is 53.2 Å². The maximum Gasteiger partial charge on any atom is 0.357 e. The van der Waals surface area contributed by atoms with Crippen molar-refractivity contribution in [1.29, 1.82) is 0 Å². The van der Waals surface area contributed by atoms with Crippen LogP contribution in [-0.4, -0.2) is 32.5 Å². The molecule has 1 amide bonds. The fourth-order valence-corrected chi connectivity index (χ4v) is 3.92. The number of amides is 1. The molecule has 0 spiro atoms. The lowest BCUT2D eigenvalue weighted by Gasteiger charge is -2.24. The molecule has 0 aromatic carbocycles. The molecule has 0 unspecified atom stereocenters. The number of carboxylic acids is 1. The molecule has 0 radical (unpaired) electrons. The Bertz CT molecular complexity index is 764. The summed E-state index contributed by atoms with van der Waals surface area (Å²) in [6.45, 7) is 7.73. The average Bonchev–Trinajstić information content (AvgIpc) is 3.02. The van der Waals surface area contributed by atoms with Crippen LogP contribution in [0.5, 0.6) is 0 Å². The third kappa shape index (κ3) is 3.67. The number of aromatic nitrogens is 2. The lowest BCUT2D eigenvalue weighted by Crippen LogP contribution is -2.29. The maximum atomic E-state index is 11.5. The molecule has 0 aliphatic heterocycles. The Labute approximate surface area is 141 Å². The fourth-order valence-electron chi connectivity index (χ4n) is 1.74. The van der Waals surface area contributed by atoms with E-state index in [1.54, 1.807) is 6.92 Å². The van der Waals surface area contributed by atoms with Gasteiger partial charge in [-0.2, -0.15) is 0 Å². The number of nitrogens with zero attached hydrogens (tertiary/aromatic N) is 2. The number of thiazole rings is 2. The fraction of sp³-hybridized carbons (Fsp3) is 0.429. The Hall–Kier alpha value is -2.00. The van der Waals surface area contributed by atoms with E-state index in [0.29, 0.717) is 20.6 Å². The summed E-state index contributed by atoms with van der Waals surface area (Å²) < 4.78 is 0. The first kappa shape index (κ1) is 17.4. The number of hydrogen-bond donors (Lipinski definition) is 3. The van der Waals surface area contributed by atoms with Crippen molar-refractivity contribution in [1.82, 2.24) is 9.97 Å². The van der Waals surface area contributed by atoms with Crippen molar-refractivity contribution in [3.05, 3.63) is 16.4 Å². The minimum atomic E-state index is -1.10. The molecule has 124 valence electrons. The Balaban J connectivity index is 2.49. The second-order valence-corrected chi connectivity index (χ2v) is 7.66. The number of carbonyl (C=O) groups is 2. The molecule has 9 heteroatoms. The lowest BCUT2D eigenvalue weighted by atomic mass is 10.0. The zero-order valence-corrected chi connectivity index (χ0v) is 14.9. The molecule has 0 bridgehead atoms. The molecule has 7 nitrogen and oxygen atoms in total. The number of nitrogens with one attached hydrogen (secondary N) is 1. The van der Waals surface area contributed by atoms with Crippen LogP contribution in [0.3, 0.4) is 0 Å². The smallest absolute Gasteiger partial charge is 0.357 e. The molecular weight excluding hydrogens is 336 g/mol. The molecule has 0 aliphatic rings. The number of primary amides is 1. The van der Waals surface area contributed by atoms with E-state index in [1.165, 1.54) is 11.3 Å². The molecule has 2 aromatic rings. The Kier molecular flexibility index (Phi) is 4.71. The third-order valence-corrected chi connectivity index (χ3v) is 5.66. The summed E-state index contributed by atoms with van der Waals surface area (Å²) in [4.78, 5) is 31.7. The number of carbonyl (C=O) groups excluding carboxylic acids is 1. The Morgan fingerprint density at radius 3 is 2.43 bits per heavy atom. The number of aromatic carboxylic acids is 1. The number of anilines is 1. The molecule has 2 aromatic heterocycles. The summed E-state index contributed by atoms with van der Waals surface area (Å²) in [6, 6.07) is 0. The second-order valence-electron chi connectivity index (χ2n) is 5.66. The lowest BCUT2D eigenvalue weighted by molar-refractivity contribution is 0.0692. The SMILES string of the molecule is CCC(C)(C)Nc1sc(-c2sc(C(N)=O)nc2C)nc1C(=O)O. The molecule has 0 atom stereocenters. The van der Waals surface area contributed by atoms with Crippen molar-refractivity contribution >= 4 is 39.6 Å². The molecular formula is C14H18N4O3S2. The van der Waals surface area contributed by atoms with Gasteiger partial charge in [-0.3, -0.25) is 4.79 Å². The highest BCUT2D eigenvalue weighted by atomic mass is 32.1. The zero-order valence-electron chi connectivity index (χ0n) is 13.3. The minimum Gasteiger partial charge on any atom is -0.476 e. The van der Waals surface area contributed by atoms with Gasteiger partial charge in [0, 0.05) is 5.54 Å². The van der Waals surface area contributed by atoms with E-state index in [0.717, 1.165) is 17.8 Å². The van der Waals surface area contributed by atoms with Crippen molar-refractivity contribution in [2.24, 2.45) is 5.73 Å². The number of nitrogens with two attached hydrogens (primary N) is 1. The van der Waals surface area contributed by atoms with Crippen molar-refractivity contribution < 1.29 is 14.7 Å². The normalized spacial score (nSPS) is 11.5. The summed E-state index contributed by atoms with van der Waals surface area (Å²) in [6.07, 6.45) is 0.824. The van der Waals surface area contributed by atoms with E-state index in [-0.39, 0.29) is 16.2 Å². The summed E-state index contributed by atoms with van der Waals surface area (Å²) in [5.74, 6) is -1.70. The summed E-state index contributed by atoms with van der Waals surface area (Å²) >= 11 is 2.36. The Morgan fingerprint density at radius 2 is 1.96 bits per heavy atom. The quantitative estimate of drug-likeness (QED) is 0.734. The van der Waals surface area contributed by atoms with Gasteiger partial charge in [0.15, 0.2) is 10.7 Å². The largest absolute Gasteiger partial charge is 0.476 e. The molecule has 4 N–H and O–H groups in total. The molecule has 0 saturated heterocycles. The van der Waals surface area contributed by atoms with Gasteiger partial charge in [-0.15, -0.1) is 11.3 Å². The predicted octanol–water partition coefficient (Wildman–Crippen LogP) is 2.97. The predicted molar refractivity (Wildman–Crippen MR) is 91.4 cm³/mol. The van der Waals surface area contributed by atoms with Crippen molar-refractivity contribution in [2.45, 2.75) is 39.7 Å². The van der Waals surface area contributed by atoms with Crippen LogP contribution in [0.2, 0.25) is 0 Å². The topological polar surface area (TPSA) is 118 Å². The second kappa shape index (κ2) is 6.25. The van der Waals surface area contributed by atoms with Crippen LogP contribution >= 0.6 is 22.7 Å². The van der Waals surface area contributed by atoms with Crippen LogP contribution in [-0.2, 0) is 0 Å². The van der Waals surface area contributed by atoms with Gasteiger partial charge in [0.05, 0.1) is 10.6 Å². The monoisotopic (exact) mass is 354 g/mol. The van der Waals surface area contributed by atoms with E-state index in [2.05, 4.69) is 15.3 Å². The van der Waals surface area contributed by atoms with Crippen LogP contribution in [0, 0.1) is 6.92 Å². The first-order valence-corrected chi connectivity index (χ1v) is 8.58. The highest BCUT2D eigenvalue weighted by Crippen LogP contribution is 2.38. The third-order valence-electron chi connectivity index (χ3n) is 3.37. The van der Waals surface area contributed by atoms with Crippen LogP contribution in [0.4, 0.5) is 5.00 Å². The van der Waals surface area contributed by atoms with Gasteiger partial charge in [-0.05, 0) is 27.2 Å². The van der Waals surface area contributed by atoms with Crippen molar-refractivity contribution in [2.75, 3.05) is 5.32 Å². The minimum absolute atomic E-state index is 0.0278. The van der Waals surface area contributed by atoms with Crippen molar-refractivity contribution in [3.8, 4) is 9.88 Å². The van der Waals surface area contributed by atoms with E-state index in [9.17, 15) is 14.7 Å². The summed E-state index contributed by atoms with van der Waals surface area (Å²) in [7, 11) is 0. The van der Waals surface area contributed by atoms with Crippen LogP contribution < -0.4 is 11.1 Å². The summed E-state index contributed by atoms with van der Waals surface area (Å²) in [5, 5.41) is 13.8. The van der Waals surface area contributed by atoms with E-state index >= 15 is 0 Å². The highest BCUT2D eigenvalue weighted by Gasteiger charge is 2.25. The molecule has 2 rings (SSSR count). The standard InChI is InChI=1S/C14H18N4O3S2/c1-5-14(3,4)18-10-7(13(20)21)17-11(23-10)8-6(2)16-12(22-8)9(15)19/h18H,5H2,1-4H3,(H2,15,19)(H,20,21). The first-order chi connectivity index (χ1) is 10.6. The van der Waals surface area contributed by atoms with Gasteiger partial charge >= 0.3 is 5.97 Å². The van der Waals surface area contributed by atoms with Gasteiger partial charge in [0.25, 0.3) is 5.91 Å². The molecule has 0 aliphatic carbocycles. The first-order valence-electron chi connectivity index (χ1n) is 6.94. The average molecular weight is 354 g/mol. The summed E-state index contributed by atoms with van der Waals surface area (Å²) in [5.41, 5.74) is 5.57. The van der Waals surface area contributed by atoms with Crippen molar-refractivity contribution in [3.63, 3.8) is 0 Å². The van der Waals surface area contributed by atoms with E-state index < -0.39 is 11.9 Å². The highest BCUT2D eigenvalue weighted by molar-refractivity contribution is 7.24. The van der Waals surface area contributed by atoms with E-state index in [1.807, 2.05) is 20.8 Å². The number of carboxylic acid groups (broad SMARTS) is 1. The van der Waals surface area contributed by atoms with Gasteiger partial charge in [-0.1, -0.05) is 18.3 Å². The van der Waals surface area contributed by atoms with Gasteiger partial charge < -0.3 is 16.2 Å². The van der Waals surface area contributed by atoms with Crippen LogP contribution in [0.25, 0.3) is 9.88 Å². The zero-order chi connectivity index (χ0) is 17.4. The number of hydrogen-bond acceptors (Lipinski definition) is 7. The molecule has 0 fully saturated rings. The molecule has 0 saturated carbocycles. The molecule has 2 heterocycles. The van der Waals surface area contributed by atoms with Gasteiger partial charge in [0.1, 0.15) is 10.0 Å². The van der Waals surface area contributed by atoms with Crippen LogP contribution in [0.15, 0.2) is 0 Å². The van der Waals surface area contributed by atoms with Gasteiger partial charge in [0.2, 0.25) is 0 Å². The number of aryl methyl sites for hydroxylation is 1. The molecule has 23 heavy (non-hydrogen) atoms. The Morgan fingerprint density at radius 1 is 1.30 bits per heavy atom.